The molecule has 0 spiro atoms. The topological polar surface area (TPSA) is 62.3 Å². The minimum absolute atomic E-state index is 0.0252. The van der Waals surface area contributed by atoms with Crippen LogP contribution in [0, 0.1) is 29.6 Å². The van der Waals surface area contributed by atoms with E-state index < -0.39 is 0 Å². The zero-order chi connectivity index (χ0) is 19.4. The lowest BCUT2D eigenvalue weighted by Crippen LogP contribution is -2.46. The lowest BCUT2D eigenvalue weighted by Gasteiger charge is -2.54. The van der Waals surface area contributed by atoms with E-state index in [2.05, 4.69) is 10.3 Å². The summed E-state index contributed by atoms with van der Waals surface area (Å²) in [5.41, 5.74) is 1.47. The Bertz CT molecular complexity index is 907. The molecule has 2 aromatic rings. The highest BCUT2D eigenvalue weighted by atomic mass is 32.1. The number of benzene rings is 1. The number of fused-ring (bicyclic) bond motifs is 1. The highest BCUT2D eigenvalue weighted by Crippen LogP contribution is 2.57. The summed E-state index contributed by atoms with van der Waals surface area (Å²) >= 11 is 1.45. The minimum atomic E-state index is -0.0252. The molecule has 4 aliphatic carbocycles. The Morgan fingerprint density at radius 1 is 1.11 bits per heavy atom. The Kier molecular flexibility index (Phi) is 4.42. The molecule has 1 aromatic heterocycles. The van der Waals surface area contributed by atoms with Crippen LogP contribution >= 0.6 is 11.3 Å². The van der Waals surface area contributed by atoms with Gasteiger partial charge in [0.25, 0.3) is 5.91 Å². The Morgan fingerprint density at radius 3 is 2.43 bits per heavy atom. The first-order chi connectivity index (χ1) is 13.5. The second kappa shape index (κ2) is 6.83. The van der Waals surface area contributed by atoms with Crippen molar-refractivity contribution in [3.63, 3.8) is 0 Å². The standard InChI is InChI=1S/C22H27N3O2S/c1-25(2)21(27)14-3-4-18-19(10-14)28-22(23-18)24-20(26)11-17-15-6-12-5-13(8-15)9-16(17)7-12/h3-4,10,12-13,15-17H,5-9,11H2,1-2H3,(H,23,24,26). The molecule has 4 fully saturated rings. The Labute approximate surface area is 169 Å². The van der Waals surface area contributed by atoms with E-state index in [1.807, 2.05) is 12.1 Å². The van der Waals surface area contributed by atoms with E-state index in [-0.39, 0.29) is 11.8 Å². The molecule has 6 heteroatoms. The molecule has 4 bridgehead atoms. The summed E-state index contributed by atoms with van der Waals surface area (Å²) in [4.78, 5) is 31.0. The van der Waals surface area contributed by atoms with Crippen LogP contribution in [0.3, 0.4) is 0 Å². The maximum atomic E-state index is 12.7. The van der Waals surface area contributed by atoms with E-state index >= 15 is 0 Å². The number of carbonyl (C=O) groups is 2. The number of rotatable bonds is 4. The summed E-state index contributed by atoms with van der Waals surface area (Å²) in [6.45, 7) is 0. The van der Waals surface area contributed by atoms with Crippen molar-refractivity contribution < 1.29 is 9.59 Å². The zero-order valence-electron chi connectivity index (χ0n) is 16.5. The van der Waals surface area contributed by atoms with Crippen LogP contribution in [0.5, 0.6) is 0 Å². The second-order valence-electron chi connectivity index (χ2n) is 9.25. The van der Waals surface area contributed by atoms with Gasteiger partial charge in [0.1, 0.15) is 0 Å². The van der Waals surface area contributed by atoms with Crippen molar-refractivity contribution in [3.8, 4) is 0 Å². The number of carbonyl (C=O) groups excluding carboxylic acids is 2. The van der Waals surface area contributed by atoms with Crippen LogP contribution in [0.25, 0.3) is 10.2 Å². The number of nitrogens with zero attached hydrogens (tertiary/aromatic N) is 2. The smallest absolute Gasteiger partial charge is 0.253 e. The molecule has 0 saturated heterocycles. The predicted molar refractivity (Wildman–Crippen MR) is 111 cm³/mol. The first-order valence-corrected chi connectivity index (χ1v) is 11.2. The maximum absolute atomic E-state index is 12.7. The van der Waals surface area contributed by atoms with Crippen LogP contribution in [0.4, 0.5) is 5.13 Å². The molecule has 1 aromatic carbocycles. The van der Waals surface area contributed by atoms with Gasteiger partial charge in [0, 0.05) is 26.1 Å². The van der Waals surface area contributed by atoms with Gasteiger partial charge >= 0.3 is 0 Å². The van der Waals surface area contributed by atoms with Crippen LogP contribution in [0.1, 0.15) is 48.9 Å². The van der Waals surface area contributed by atoms with Crippen molar-refractivity contribution in [2.75, 3.05) is 19.4 Å². The summed E-state index contributed by atoms with van der Waals surface area (Å²) in [7, 11) is 3.49. The van der Waals surface area contributed by atoms with E-state index in [1.165, 1.54) is 43.4 Å². The fourth-order valence-electron chi connectivity index (χ4n) is 6.12. The SMILES string of the molecule is CN(C)C(=O)c1ccc2nc(NC(=O)CC3C4CC5CC(C4)CC3C5)sc2c1. The fourth-order valence-corrected chi connectivity index (χ4v) is 7.05. The number of nitrogens with one attached hydrogen (secondary N) is 1. The monoisotopic (exact) mass is 397 g/mol. The van der Waals surface area contributed by atoms with Gasteiger partial charge in [-0.25, -0.2) is 4.98 Å². The number of hydrogen-bond acceptors (Lipinski definition) is 4. The van der Waals surface area contributed by atoms with E-state index in [0.717, 1.165) is 33.9 Å². The first kappa shape index (κ1) is 18.1. The van der Waals surface area contributed by atoms with Gasteiger partial charge < -0.3 is 10.2 Å². The van der Waals surface area contributed by atoms with E-state index in [0.29, 0.717) is 23.0 Å². The third-order valence-corrected chi connectivity index (χ3v) is 8.06. The molecule has 2 amide bonds. The first-order valence-electron chi connectivity index (χ1n) is 10.4. The molecule has 6 rings (SSSR count). The van der Waals surface area contributed by atoms with Crippen LogP contribution in [0.2, 0.25) is 0 Å². The van der Waals surface area contributed by atoms with Gasteiger partial charge in [-0.1, -0.05) is 11.3 Å². The summed E-state index contributed by atoms with van der Waals surface area (Å²) in [6.07, 6.45) is 7.44. The molecular formula is C22H27N3O2S. The Hall–Kier alpha value is -1.95. The highest BCUT2D eigenvalue weighted by molar-refractivity contribution is 7.22. The third-order valence-electron chi connectivity index (χ3n) is 7.13. The molecule has 1 N–H and O–H groups in total. The molecule has 148 valence electrons. The van der Waals surface area contributed by atoms with Crippen molar-refractivity contribution in [3.05, 3.63) is 23.8 Å². The second-order valence-corrected chi connectivity index (χ2v) is 10.3. The van der Waals surface area contributed by atoms with E-state index in [9.17, 15) is 9.59 Å². The number of hydrogen-bond donors (Lipinski definition) is 1. The Balaban J connectivity index is 1.27. The van der Waals surface area contributed by atoms with Crippen LogP contribution in [0.15, 0.2) is 18.2 Å². The summed E-state index contributed by atoms with van der Waals surface area (Å²) in [6, 6.07) is 5.52. The number of aromatic nitrogens is 1. The average Bonchev–Trinajstić information content (AvgIpc) is 3.04. The quantitative estimate of drug-likeness (QED) is 0.832. The largest absolute Gasteiger partial charge is 0.345 e. The molecule has 1 heterocycles. The number of amides is 2. The molecule has 0 atom stereocenters. The van der Waals surface area contributed by atoms with E-state index in [4.69, 9.17) is 0 Å². The number of thiazole rings is 1. The fraction of sp³-hybridized carbons (Fsp3) is 0.591. The molecule has 4 aliphatic rings. The van der Waals surface area contributed by atoms with Crippen molar-refractivity contribution in [1.29, 1.82) is 0 Å². The van der Waals surface area contributed by atoms with Crippen LogP contribution < -0.4 is 5.32 Å². The third kappa shape index (κ3) is 3.21. The van der Waals surface area contributed by atoms with Gasteiger partial charge in [0.15, 0.2) is 5.13 Å². The van der Waals surface area contributed by atoms with Gasteiger partial charge in [0.05, 0.1) is 10.2 Å². The van der Waals surface area contributed by atoms with Crippen molar-refractivity contribution in [2.45, 2.75) is 38.5 Å². The number of anilines is 1. The molecule has 0 radical (unpaired) electrons. The Morgan fingerprint density at radius 2 is 1.79 bits per heavy atom. The van der Waals surface area contributed by atoms with Gasteiger partial charge in [-0.15, -0.1) is 0 Å². The van der Waals surface area contributed by atoms with E-state index in [1.54, 1.807) is 25.1 Å². The normalized spacial score (nSPS) is 30.6. The van der Waals surface area contributed by atoms with Crippen molar-refractivity contribution >= 4 is 38.5 Å². The van der Waals surface area contributed by atoms with Crippen molar-refractivity contribution in [2.24, 2.45) is 29.6 Å². The van der Waals surface area contributed by atoms with Crippen molar-refractivity contribution in [1.82, 2.24) is 9.88 Å². The van der Waals surface area contributed by atoms with Gasteiger partial charge in [-0.3, -0.25) is 9.59 Å². The molecule has 5 nitrogen and oxygen atoms in total. The predicted octanol–water partition coefficient (Wildman–Crippen LogP) is 4.40. The molecule has 0 aliphatic heterocycles. The maximum Gasteiger partial charge on any atom is 0.253 e. The molecular weight excluding hydrogens is 370 g/mol. The van der Waals surface area contributed by atoms with Gasteiger partial charge in [-0.05, 0) is 79.9 Å². The molecule has 28 heavy (non-hydrogen) atoms. The lowest BCUT2D eigenvalue weighted by molar-refractivity contribution is -0.121. The van der Waals surface area contributed by atoms with Crippen LogP contribution in [-0.4, -0.2) is 35.8 Å². The van der Waals surface area contributed by atoms with Gasteiger partial charge in [-0.2, -0.15) is 0 Å². The lowest BCUT2D eigenvalue weighted by atomic mass is 9.51. The highest BCUT2D eigenvalue weighted by Gasteiger charge is 2.48. The summed E-state index contributed by atoms with van der Waals surface area (Å²) in [5, 5.41) is 3.67. The molecule has 4 saturated carbocycles. The van der Waals surface area contributed by atoms with Gasteiger partial charge in [0.2, 0.25) is 5.91 Å². The zero-order valence-corrected chi connectivity index (χ0v) is 17.3. The summed E-state index contributed by atoms with van der Waals surface area (Å²) in [5.74, 6) is 4.03. The minimum Gasteiger partial charge on any atom is -0.345 e. The van der Waals surface area contributed by atoms with Crippen LogP contribution in [-0.2, 0) is 4.79 Å². The molecule has 0 unspecified atom stereocenters. The average molecular weight is 398 g/mol. The summed E-state index contributed by atoms with van der Waals surface area (Å²) < 4.78 is 0.928.